The van der Waals surface area contributed by atoms with Crippen LogP contribution in [0.1, 0.15) is 29.4 Å². The van der Waals surface area contributed by atoms with E-state index in [0.717, 1.165) is 45.8 Å². The minimum Gasteiger partial charge on any atom is -0.317 e. The number of nitrogens with zero attached hydrogens (tertiary/aromatic N) is 5. The number of nitrogens with one attached hydrogen (secondary N) is 1. The number of imidazole rings is 1. The second-order valence-electron chi connectivity index (χ2n) is 7.43. The average molecular weight is 416 g/mol. The van der Waals surface area contributed by atoms with Crippen LogP contribution in [-0.2, 0) is 6.54 Å². The molecule has 0 bridgehead atoms. The van der Waals surface area contributed by atoms with Crippen LogP contribution in [0.3, 0.4) is 0 Å². The van der Waals surface area contributed by atoms with Gasteiger partial charge in [-0.15, -0.1) is 0 Å². The summed E-state index contributed by atoms with van der Waals surface area (Å²) in [6, 6.07) is 14.9. The Hall–Kier alpha value is -3.94. The van der Waals surface area contributed by atoms with Gasteiger partial charge in [0.1, 0.15) is 0 Å². The number of rotatable bonds is 6. The number of aryl methyl sites for hydroxylation is 3. The highest BCUT2D eigenvalue weighted by Crippen LogP contribution is 2.26. The van der Waals surface area contributed by atoms with Gasteiger partial charge in [-0.05, 0) is 51.5 Å². The molecular formula is C23H24N6O2. The van der Waals surface area contributed by atoms with E-state index in [4.69, 9.17) is 0 Å². The third-order valence-electron chi connectivity index (χ3n) is 5.45. The average Bonchev–Trinajstić information content (AvgIpc) is 3.24. The zero-order valence-corrected chi connectivity index (χ0v) is 18.0. The predicted octanol–water partition coefficient (Wildman–Crippen LogP) is 5.13. The van der Waals surface area contributed by atoms with Gasteiger partial charge in [0.15, 0.2) is 0 Å². The maximum atomic E-state index is 11.2. The molecule has 0 spiro atoms. The molecule has 0 unspecified atom stereocenters. The Kier molecular flexibility index (Phi) is 5.29. The molecule has 0 aliphatic rings. The summed E-state index contributed by atoms with van der Waals surface area (Å²) < 4.78 is 4.09. The SMILES string of the molecule is CCn1c(N/N=C\c2cc(C)n(-c3cc([N+](=O)[O-])ccc3C)c2C)nc2ccccc21. The first-order valence-corrected chi connectivity index (χ1v) is 10.1. The lowest BCUT2D eigenvalue weighted by atomic mass is 10.1. The van der Waals surface area contributed by atoms with Crippen molar-refractivity contribution in [2.45, 2.75) is 34.2 Å². The minimum absolute atomic E-state index is 0.0726. The first-order valence-electron chi connectivity index (χ1n) is 10.1. The molecule has 2 heterocycles. The monoisotopic (exact) mass is 416 g/mol. The third-order valence-corrected chi connectivity index (χ3v) is 5.45. The molecule has 0 atom stereocenters. The number of para-hydroxylation sites is 2. The maximum absolute atomic E-state index is 11.2. The topological polar surface area (TPSA) is 90.3 Å². The Morgan fingerprint density at radius 3 is 2.68 bits per heavy atom. The molecule has 0 fully saturated rings. The Balaban J connectivity index is 1.65. The minimum atomic E-state index is -0.372. The standard InChI is InChI=1S/C23H24N6O2/c1-5-27-21-9-7-6-8-20(21)25-23(27)26-24-14-18-12-16(3)28(17(18)4)22-13-19(29(30)31)11-10-15(22)2/h6-14H,5H2,1-4H3,(H,25,26)/b24-14-. The van der Waals surface area contributed by atoms with E-state index in [-0.39, 0.29) is 10.6 Å². The van der Waals surface area contributed by atoms with E-state index >= 15 is 0 Å². The number of nitro benzene ring substituents is 1. The van der Waals surface area contributed by atoms with Gasteiger partial charge in [-0.1, -0.05) is 18.2 Å². The molecule has 0 aliphatic heterocycles. The second-order valence-corrected chi connectivity index (χ2v) is 7.43. The van der Waals surface area contributed by atoms with E-state index < -0.39 is 0 Å². The molecule has 0 saturated carbocycles. The molecule has 31 heavy (non-hydrogen) atoms. The molecule has 0 radical (unpaired) electrons. The van der Waals surface area contributed by atoms with Crippen LogP contribution in [0.4, 0.5) is 11.6 Å². The fraction of sp³-hybridized carbons (Fsp3) is 0.217. The lowest BCUT2D eigenvalue weighted by Gasteiger charge is -2.12. The molecule has 2 aromatic heterocycles. The van der Waals surface area contributed by atoms with E-state index in [1.165, 1.54) is 6.07 Å². The molecule has 1 N–H and O–H groups in total. The zero-order valence-electron chi connectivity index (χ0n) is 18.0. The second kappa shape index (κ2) is 8.06. The van der Waals surface area contributed by atoms with E-state index in [1.54, 1.807) is 18.3 Å². The molecular weight excluding hydrogens is 392 g/mol. The highest BCUT2D eigenvalue weighted by molar-refractivity contribution is 5.83. The quantitative estimate of drug-likeness (QED) is 0.268. The van der Waals surface area contributed by atoms with Crippen LogP contribution in [0.2, 0.25) is 0 Å². The van der Waals surface area contributed by atoms with Gasteiger partial charge in [0.25, 0.3) is 5.69 Å². The number of aromatic nitrogens is 3. The van der Waals surface area contributed by atoms with Crippen molar-refractivity contribution in [3.8, 4) is 5.69 Å². The van der Waals surface area contributed by atoms with Crippen LogP contribution in [0.15, 0.2) is 53.6 Å². The van der Waals surface area contributed by atoms with Crippen molar-refractivity contribution < 1.29 is 4.92 Å². The third kappa shape index (κ3) is 3.68. The molecule has 4 rings (SSSR count). The number of non-ortho nitro benzene ring substituents is 1. The molecule has 8 nitrogen and oxygen atoms in total. The Morgan fingerprint density at radius 2 is 1.94 bits per heavy atom. The summed E-state index contributed by atoms with van der Waals surface area (Å²) in [5.74, 6) is 0.684. The normalized spacial score (nSPS) is 11.5. The molecule has 0 amide bonds. The van der Waals surface area contributed by atoms with Crippen LogP contribution in [0.5, 0.6) is 0 Å². The van der Waals surface area contributed by atoms with Gasteiger partial charge in [0, 0.05) is 35.6 Å². The molecule has 0 aliphatic carbocycles. The van der Waals surface area contributed by atoms with Crippen molar-refractivity contribution in [3.05, 3.63) is 81.2 Å². The lowest BCUT2D eigenvalue weighted by molar-refractivity contribution is -0.384. The van der Waals surface area contributed by atoms with Crippen molar-refractivity contribution in [1.29, 1.82) is 0 Å². The highest BCUT2D eigenvalue weighted by Gasteiger charge is 2.15. The summed E-state index contributed by atoms with van der Waals surface area (Å²) in [5.41, 5.74) is 9.72. The van der Waals surface area contributed by atoms with Crippen molar-refractivity contribution in [2.24, 2.45) is 5.10 Å². The van der Waals surface area contributed by atoms with Crippen LogP contribution in [-0.4, -0.2) is 25.3 Å². The largest absolute Gasteiger partial charge is 0.317 e. The van der Waals surface area contributed by atoms with Gasteiger partial charge in [0.2, 0.25) is 5.95 Å². The smallest absolute Gasteiger partial charge is 0.271 e. The summed E-state index contributed by atoms with van der Waals surface area (Å²) in [6.07, 6.45) is 1.75. The van der Waals surface area contributed by atoms with Gasteiger partial charge in [-0.25, -0.2) is 10.4 Å². The van der Waals surface area contributed by atoms with Crippen LogP contribution >= 0.6 is 0 Å². The van der Waals surface area contributed by atoms with Crippen LogP contribution in [0.25, 0.3) is 16.7 Å². The number of hydrazone groups is 1. The van der Waals surface area contributed by atoms with Crippen molar-refractivity contribution in [2.75, 3.05) is 5.43 Å². The van der Waals surface area contributed by atoms with Gasteiger partial charge < -0.3 is 9.13 Å². The van der Waals surface area contributed by atoms with E-state index in [1.807, 2.05) is 55.7 Å². The lowest BCUT2D eigenvalue weighted by Crippen LogP contribution is -2.04. The number of hydrogen-bond acceptors (Lipinski definition) is 5. The van der Waals surface area contributed by atoms with Crippen molar-refractivity contribution in [3.63, 3.8) is 0 Å². The number of anilines is 1. The number of fused-ring (bicyclic) bond motifs is 1. The van der Waals surface area contributed by atoms with Crippen molar-refractivity contribution in [1.82, 2.24) is 14.1 Å². The van der Waals surface area contributed by atoms with Crippen LogP contribution < -0.4 is 5.43 Å². The zero-order chi connectivity index (χ0) is 22.1. The highest BCUT2D eigenvalue weighted by atomic mass is 16.6. The van der Waals surface area contributed by atoms with Gasteiger partial charge in [0.05, 0.1) is 27.9 Å². The van der Waals surface area contributed by atoms with Gasteiger partial charge in [-0.2, -0.15) is 5.10 Å². The summed E-state index contributed by atoms with van der Waals surface area (Å²) in [6.45, 7) is 8.75. The molecule has 4 aromatic rings. The molecule has 8 heteroatoms. The number of benzene rings is 2. The van der Waals surface area contributed by atoms with E-state index in [0.29, 0.717) is 5.95 Å². The maximum Gasteiger partial charge on any atom is 0.271 e. The summed E-state index contributed by atoms with van der Waals surface area (Å²) in [7, 11) is 0. The molecule has 158 valence electrons. The van der Waals surface area contributed by atoms with Gasteiger partial charge >= 0.3 is 0 Å². The Labute approximate surface area is 180 Å². The van der Waals surface area contributed by atoms with E-state index in [9.17, 15) is 10.1 Å². The molecule has 0 saturated heterocycles. The Bertz CT molecular complexity index is 1320. The van der Waals surface area contributed by atoms with Crippen LogP contribution in [0, 0.1) is 30.9 Å². The Morgan fingerprint density at radius 1 is 1.16 bits per heavy atom. The predicted molar refractivity (Wildman–Crippen MR) is 123 cm³/mol. The first-order chi connectivity index (χ1) is 14.9. The number of nitro groups is 1. The van der Waals surface area contributed by atoms with E-state index in [2.05, 4.69) is 27.0 Å². The number of hydrogen-bond donors (Lipinski definition) is 1. The fourth-order valence-electron chi connectivity index (χ4n) is 3.88. The molecule has 2 aromatic carbocycles. The first kappa shape index (κ1) is 20.3. The summed E-state index contributed by atoms with van der Waals surface area (Å²) >= 11 is 0. The van der Waals surface area contributed by atoms with Crippen molar-refractivity contribution >= 4 is 28.9 Å². The fourth-order valence-corrected chi connectivity index (χ4v) is 3.88. The summed E-state index contributed by atoms with van der Waals surface area (Å²) in [4.78, 5) is 15.5. The van der Waals surface area contributed by atoms with Gasteiger partial charge in [-0.3, -0.25) is 10.1 Å². The summed E-state index contributed by atoms with van der Waals surface area (Å²) in [5, 5.41) is 15.6.